The third-order valence-corrected chi connectivity index (χ3v) is 5.27. The van der Waals surface area contributed by atoms with E-state index in [1.165, 1.54) is 0 Å². The number of carboxylic acids is 1. The number of carboxylic acid groups (broad SMARTS) is 1. The third-order valence-electron chi connectivity index (χ3n) is 3.82. The van der Waals surface area contributed by atoms with Crippen molar-refractivity contribution in [2.45, 2.75) is 55.1 Å². The Hall–Kier alpha value is -0.260. The molecule has 1 aliphatic carbocycles. The SMILES string of the molecule is CCCNC1(C(=O)O)CCCC(SC2COC2)C1. The second-order valence-electron chi connectivity index (χ2n) is 5.33. The van der Waals surface area contributed by atoms with Crippen molar-refractivity contribution in [1.29, 1.82) is 0 Å². The van der Waals surface area contributed by atoms with Gasteiger partial charge in [-0.2, -0.15) is 11.8 Å². The lowest BCUT2D eigenvalue weighted by Crippen LogP contribution is -2.56. The Morgan fingerprint density at radius 2 is 2.28 bits per heavy atom. The Morgan fingerprint density at radius 1 is 1.50 bits per heavy atom. The molecule has 0 amide bonds. The number of thioether (sulfide) groups is 1. The molecule has 4 nitrogen and oxygen atoms in total. The first-order valence-corrected chi connectivity index (χ1v) is 7.82. The molecule has 2 rings (SSSR count). The minimum atomic E-state index is -0.684. The maximum atomic E-state index is 11.6. The van der Waals surface area contributed by atoms with Crippen molar-refractivity contribution in [3.63, 3.8) is 0 Å². The summed E-state index contributed by atoms with van der Waals surface area (Å²) >= 11 is 1.93. The molecule has 2 atom stereocenters. The molecule has 2 fully saturated rings. The van der Waals surface area contributed by atoms with E-state index in [4.69, 9.17) is 4.74 Å². The molecule has 5 heteroatoms. The van der Waals surface area contributed by atoms with Crippen molar-refractivity contribution in [1.82, 2.24) is 5.32 Å². The van der Waals surface area contributed by atoms with Crippen LogP contribution in [0.3, 0.4) is 0 Å². The molecular formula is C13H23NO3S. The predicted molar refractivity (Wildman–Crippen MR) is 73.1 cm³/mol. The Morgan fingerprint density at radius 3 is 2.83 bits per heavy atom. The van der Waals surface area contributed by atoms with Crippen LogP contribution in [0.4, 0.5) is 0 Å². The van der Waals surface area contributed by atoms with E-state index < -0.39 is 11.5 Å². The molecule has 0 spiro atoms. The summed E-state index contributed by atoms with van der Waals surface area (Å²) in [5.74, 6) is -0.675. The van der Waals surface area contributed by atoms with Crippen LogP contribution >= 0.6 is 11.8 Å². The van der Waals surface area contributed by atoms with Gasteiger partial charge in [0.1, 0.15) is 5.54 Å². The lowest BCUT2D eigenvalue weighted by atomic mass is 9.81. The van der Waals surface area contributed by atoms with Gasteiger partial charge < -0.3 is 15.2 Å². The van der Waals surface area contributed by atoms with Gasteiger partial charge >= 0.3 is 5.97 Å². The normalized spacial score (nSPS) is 33.1. The molecule has 0 bridgehead atoms. The predicted octanol–water partition coefficient (Wildman–Crippen LogP) is 1.88. The van der Waals surface area contributed by atoms with Crippen LogP contribution in [0, 0.1) is 0 Å². The second-order valence-corrected chi connectivity index (χ2v) is 6.93. The van der Waals surface area contributed by atoms with Gasteiger partial charge in [0.2, 0.25) is 0 Å². The molecule has 0 radical (unpaired) electrons. The van der Waals surface area contributed by atoms with Crippen LogP contribution in [0.15, 0.2) is 0 Å². The van der Waals surface area contributed by atoms with Gasteiger partial charge in [-0.15, -0.1) is 0 Å². The van der Waals surface area contributed by atoms with Gasteiger partial charge in [0.05, 0.1) is 18.5 Å². The summed E-state index contributed by atoms with van der Waals surface area (Å²) < 4.78 is 5.19. The Kier molecular flexibility index (Phi) is 4.92. The summed E-state index contributed by atoms with van der Waals surface area (Å²) in [5, 5.41) is 13.9. The van der Waals surface area contributed by atoms with E-state index >= 15 is 0 Å². The summed E-state index contributed by atoms with van der Waals surface area (Å²) in [4.78, 5) is 11.6. The van der Waals surface area contributed by atoms with Crippen LogP contribution in [0.2, 0.25) is 0 Å². The van der Waals surface area contributed by atoms with Crippen LogP contribution in [-0.2, 0) is 9.53 Å². The molecule has 2 N–H and O–H groups in total. The fourth-order valence-electron chi connectivity index (χ4n) is 2.70. The van der Waals surface area contributed by atoms with Crippen molar-refractivity contribution in [2.75, 3.05) is 19.8 Å². The minimum Gasteiger partial charge on any atom is -0.480 e. The van der Waals surface area contributed by atoms with Gasteiger partial charge in [0.15, 0.2) is 0 Å². The highest BCUT2D eigenvalue weighted by atomic mass is 32.2. The fraction of sp³-hybridized carbons (Fsp3) is 0.923. The number of aliphatic carboxylic acids is 1. The molecule has 2 unspecified atom stereocenters. The zero-order chi connectivity index (χ0) is 13.0. The summed E-state index contributed by atoms with van der Waals surface area (Å²) in [7, 11) is 0. The molecule has 18 heavy (non-hydrogen) atoms. The van der Waals surface area contributed by atoms with Crippen molar-refractivity contribution in [2.24, 2.45) is 0 Å². The highest BCUT2D eigenvalue weighted by Crippen LogP contribution is 2.38. The fourth-order valence-corrected chi connectivity index (χ4v) is 4.28. The number of carbonyl (C=O) groups is 1. The van der Waals surface area contributed by atoms with E-state index in [2.05, 4.69) is 12.2 Å². The van der Waals surface area contributed by atoms with Crippen LogP contribution in [0.5, 0.6) is 0 Å². The van der Waals surface area contributed by atoms with Crippen molar-refractivity contribution < 1.29 is 14.6 Å². The highest BCUT2D eigenvalue weighted by Gasteiger charge is 2.43. The zero-order valence-electron chi connectivity index (χ0n) is 11.0. The van der Waals surface area contributed by atoms with Gasteiger partial charge in [0, 0.05) is 5.25 Å². The molecule has 1 saturated heterocycles. The quantitative estimate of drug-likeness (QED) is 0.774. The van der Waals surface area contributed by atoms with Gasteiger partial charge in [-0.1, -0.05) is 6.92 Å². The maximum Gasteiger partial charge on any atom is 0.323 e. The van der Waals surface area contributed by atoms with Crippen LogP contribution in [0.25, 0.3) is 0 Å². The third kappa shape index (κ3) is 3.19. The Balaban J connectivity index is 1.93. The Labute approximate surface area is 113 Å². The standard InChI is InChI=1S/C13H23NO3S/c1-2-6-14-13(12(15)16)5-3-4-10(7-13)18-11-8-17-9-11/h10-11,14H,2-9H2,1H3,(H,15,16). The van der Waals surface area contributed by atoms with Crippen LogP contribution in [0.1, 0.15) is 39.0 Å². The smallest absolute Gasteiger partial charge is 0.323 e. The first-order chi connectivity index (χ1) is 8.66. The number of hydrogen-bond acceptors (Lipinski definition) is 4. The number of rotatable bonds is 6. The first kappa shape index (κ1) is 14.2. The van der Waals surface area contributed by atoms with E-state index in [1.54, 1.807) is 0 Å². The van der Waals surface area contributed by atoms with E-state index in [0.717, 1.165) is 51.9 Å². The van der Waals surface area contributed by atoms with Gasteiger partial charge in [-0.25, -0.2) is 0 Å². The first-order valence-electron chi connectivity index (χ1n) is 6.88. The maximum absolute atomic E-state index is 11.6. The van der Waals surface area contributed by atoms with Gasteiger partial charge in [0.25, 0.3) is 0 Å². The van der Waals surface area contributed by atoms with E-state index in [1.807, 2.05) is 11.8 Å². The van der Waals surface area contributed by atoms with E-state index in [9.17, 15) is 9.90 Å². The lowest BCUT2D eigenvalue weighted by molar-refractivity contribution is -0.146. The van der Waals surface area contributed by atoms with Crippen molar-refractivity contribution in [3.8, 4) is 0 Å². The van der Waals surface area contributed by atoms with E-state index in [0.29, 0.717) is 10.5 Å². The van der Waals surface area contributed by atoms with Crippen LogP contribution < -0.4 is 5.32 Å². The molecule has 0 aromatic rings. The summed E-state index contributed by atoms with van der Waals surface area (Å²) in [5.41, 5.74) is -0.684. The molecule has 1 saturated carbocycles. The average Bonchev–Trinajstić information content (AvgIpc) is 2.32. The topological polar surface area (TPSA) is 58.6 Å². The molecule has 104 valence electrons. The molecule has 0 aromatic heterocycles. The average molecular weight is 273 g/mol. The Bertz CT molecular complexity index is 296. The van der Waals surface area contributed by atoms with E-state index in [-0.39, 0.29) is 0 Å². The second kappa shape index (κ2) is 6.26. The number of hydrogen-bond donors (Lipinski definition) is 2. The molecule has 1 aliphatic heterocycles. The molecule has 1 heterocycles. The number of nitrogens with one attached hydrogen (secondary N) is 1. The zero-order valence-corrected chi connectivity index (χ0v) is 11.8. The highest BCUT2D eigenvalue weighted by molar-refractivity contribution is 8.00. The molecule has 0 aromatic carbocycles. The lowest BCUT2D eigenvalue weighted by Gasteiger charge is -2.40. The summed E-state index contributed by atoms with van der Waals surface area (Å²) in [6.07, 6.45) is 4.64. The molecule has 2 aliphatic rings. The largest absolute Gasteiger partial charge is 0.480 e. The van der Waals surface area contributed by atoms with Crippen molar-refractivity contribution in [3.05, 3.63) is 0 Å². The summed E-state index contributed by atoms with van der Waals surface area (Å²) in [6, 6.07) is 0. The number of ether oxygens (including phenoxy) is 1. The van der Waals surface area contributed by atoms with Crippen molar-refractivity contribution >= 4 is 17.7 Å². The van der Waals surface area contributed by atoms with Gasteiger partial charge in [-0.05, 0) is 38.6 Å². The van der Waals surface area contributed by atoms with Crippen LogP contribution in [-0.4, -0.2) is 46.9 Å². The van der Waals surface area contributed by atoms with Gasteiger partial charge in [-0.3, -0.25) is 4.79 Å². The molecular weight excluding hydrogens is 250 g/mol. The summed E-state index contributed by atoms with van der Waals surface area (Å²) in [6.45, 7) is 4.53. The minimum absolute atomic E-state index is 0.466. The monoisotopic (exact) mass is 273 g/mol.